The molecule has 4 heterocycles. The third-order valence-corrected chi connectivity index (χ3v) is 13.3. The lowest BCUT2D eigenvalue weighted by atomic mass is 9.99. The van der Waals surface area contributed by atoms with E-state index in [9.17, 15) is 46.7 Å². The number of benzene rings is 3. The molecule has 2 saturated heterocycles. The molecule has 0 saturated carbocycles. The Bertz CT molecular complexity index is 2820. The predicted molar refractivity (Wildman–Crippen MR) is 269 cm³/mol. The molecule has 76 heavy (non-hydrogen) atoms. The highest BCUT2D eigenvalue weighted by atomic mass is 19.4. The maximum Gasteiger partial charge on any atom is 0.417 e. The van der Waals surface area contributed by atoms with Crippen LogP contribution in [0.25, 0.3) is 11.1 Å². The van der Waals surface area contributed by atoms with E-state index in [0.717, 1.165) is 11.0 Å². The molecule has 1 aromatic heterocycles. The maximum atomic E-state index is 15.7. The van der Waals surface area contributed by atoms with Gasteiger partial charge in [-0.25, -0.2) is 4.39 Å². The highest BCUT2D eigenvalue weighted by Crippen LogP contribution is 2.37. The number of aromatic amines is 1. The van der Waals surface area contributed by atoms with Gasteiger partial charge in [0, 0.05) is 68.1 Å². The molecule has 0 aliphatic carbocycles. The second kappa shape index (κ2) is 26.2. The standard InChI is InChI=1S/C53H61F4N7O12/c1-32-30-63(31-33(2)62(32)3)43-12-10-35(27-42(43)60-49(68)39-29-59-46(66)28-40(39)53(55,56)57)37-11-9-36(26-41(37)54)48(67)58-15-17-73-19-21-75-23-25-76-24-22-74-20-18-72-16-5-7-34-6-4-8-38-47(34)52(71)64(51(38)70)44-13-14-45(65)61-50(44)69/h4,6,8-12,26-29,32-33,44H,5,7,13-25,30-31H2,1-3H3,(H,58,67)(H,59,66)(H,60,68)(H,61,65,69)/t32-,33+,44?. The van der Waals surface area contributed by atoms with E-state index in [1.54, 1.807) is 30.3 Å². The molecule has 408 valence electrons. The molecule has 3 aliphatic rings. The van der Waals surface area contributed by atoms with E-state index in [-0.39, 0.29) is 84.8 Å². The summed E-state index contributed by atoms with van der Waals surface area (Å²) in [5.41, 5.74) is -0.974. The average Bonchev–Trinajstić information content (AvgIpc) is 3.64. The molecule has 1 unspecified atom stereocenters. The topological polar surface area (TPSA) is 227 Å². The Morgan fingerprint density at radius 3 is 2.03 bits per heavy atom. The number of likely N-dealkylation sites (N-methyl/N-ethyl adjacent to an activating group) is 1. The second-order valence-corrected chi connectivity index (χ2v) is 18.5. The molecule has 0 spiro atoms. The molecular formula is C53H61F4N7O12. The largest absolute Gasteiger partial charge is 0.417 e. The fourth-order valence-corrected chi connectivity index (χ4v) is 9.13. The fourth-order valence-electron chi connectivity index (χ4n) is 9.13. The van der Waals surface area contributed by atoms with E-state index in [0.29, 0.717) is 95.7 Å². The van der Waals surface area contributed by atoms with Gasteiger partial charge in [0.2, 0.25) is 17.4 Å². The molecule has 23 heteroatoms. The summed E-state index contributed by atoms with van der Waals surface area (Å²) in [6, 6.07) is 13.2. The number of rotatable bonds is 25. The van der Waals surface area contributed by atoms with Crippen LogP contribution in [-0.2, 0) is 45.9 Å². The van der Waals surface area contributed by atoms with Crippen LogP contribution in [-0.4, -0.2) is 161 Å². The van der Waals surface area contributed by atoms with Crippen LogP contribution < -0.4 is 26.4 Å². The van der Waals surface area contributed by atoms with Crippen LogP contribution in [0.2, 0.25) is 0 Å². The normalized spacial score (nSPS) is 18.0. The Kier molecular flexibility index (Phi) is 19.6. The number of amides is 6. The van der Waals surface area contributed by atoms with E-state index in [2.05, 4.69) is 25.8 Å². The Hall–Kier alpha value is -6.89. The number of carbonyl (C=O) groups is 6. The van der Waals surface area contributed by atoms with Gasteiger partial charge in [0.15, 0.2) is 0 Å². The number of anilines is 2. The number of hydrogen-bond donors (Lipinski definition) is 4. The summed E-state index contributed by atoms with van der Waals surface area (Å²) in [4.78, 5) is 95.7. The lowest BCUT2D eigenvalue weighted by molar-refractivity contribution is -0.138. The van der Waals surface area contributed by atoms with Crippen LogP contribution in [0.4, 0.5) is 28.9 Å². The van der Waals surface area contributed by atoms with Crippen LogP contribution in [0.1, 0.15) is 85.7 Å². The molecule has 0 bridgehead atoms. The summed E-state index contributed by atoms with van der Waals surface area (Å²) in [5, 5.41) is 7.46. The number of nitrogens with one attached hydrogen (secondary N) is 4. The van der Waals surface area contributed by atoms with Gasteiger partial charge in [-0.2, -0.15) is 13.2 Å². The second-order valence-electron chi connectivity index (χ2n) is 18.5. The Labute approximate surface area is 435 Å². The number of piperidine rings is 1. The number of piperazine rings is 1. The summed E-state index contributed by atoms with van der Waals surface area (Å²) in [6.07, 6.45) is -3.07. The molecule has 7 rings (SSSR count). The van der Waals surface area contributed by atoms with Crippen LogP contribution in [0.15, 0.2) is 71.7 Å². The third-order valence-electron chi connectivity index (χ3n) is 13.3. The number of alkyl halides is 3. The first kappa shape index (κ1) is 56.8. The quantitative estimate of drug-likeness (QED) is 0.0397. The number of hydrogen-bond acceptors (Lipinski definition) is 14. The molecule has 3 atom stereocenters. The SMILES string of the molecule is C[C@@H]1CN(c2ccc(-c3ccc(C(=O)NCCOCCOCCOCCOCCOCCCc4cccc5c4C(=O)N(C4CCC(=O)NC4=O)C5=O)cc3F)cc2NC(=O)c2c[nH]c(=O)cc2C(F)(F)F)C[C@H](C)N1C. The van der Waals surface area contributed by atoms with Crippen molar-refractivity contribution in [1.82, 2.24) is 25.4 Å². The van der Waals surface area contributed by atoms with Crippen molar-refractivity contribution < 1.29 is 70.0 Å². The van der Waals surface area contributed by atoms with Crippen molar-refractivity contribution in [2.24, 2.45) is 0 Å². The highest BCUT2D eigenvalue weighted by Gasteiger charge is 2.45. The Morgan fingerprint density at radius 2 is 1.39 bits per heavy atom. The van der Waals surface area contributed by atoms with E-state index in [1.807, 2.05) is 25.8 Å². The minimum atomic E-state index is -4.99. The van der Waals surface area contributed by atoms with Crippen molar-refractivity contribution in [3.63, 3.8) is 0 Å². The van der Waals surface area contributed by atoms with Crippen LogP contribution in [0.5, 0.6) is 0 Å². The molecule has 4 N–H and O–H groups in total. The lowest BCUT2D eigenvalue weighted by Crippen LogP contribution is -2.55. The Morgan fingerprint density at radius 1 is 0.750 bits per heavy atom. The summed E-state index contributed by atoms with van der Waals surface area (Å²) < 4.78 is 85.2. The summed E-state index contributed by atoms with van der Waals surface area (Å²) in [5.74, 6) is -4.59. The summed E-state index contributed by atoms with van der Waals surface area (Å²) in [6.45, 7) is 8.35. The number of aromatic nitrogens is 1. The zero-order chi connectivity index (χ0) is 54.5. The zero-order valence-electron chi connectivity index (χ0n) is 42.4. The first-order chi connectivity index (χ1) is 36.4. The highest BCUT2D eigenvalue weighted by molar-refractivity contribution is 6.24. The van der Waals surface area contributed by atoms with Gasteiger partial charge < -0.3 is 44.2 Å². The van der Waals surface area contributed by atoms with Gasteiger partial charge in [0.1, 0.15) is 11.9 Å². The number of fused-ring (bicyclic) bond motifs is 1. The molecule has 3 aliphatic heterocycles. The van der Waals surface area contributed by atoms with Crippen LogP contribution in [0, 0.1) is 5.82 Å². The molecule has 4 aromatic rings. The van der Waals surface area contributed by atoms with E-state index >= 15 is 4.39 Å². The molecule has 19 nitrogen and oxygen atoms in total. The van der Waals surface area contributed by atoms with Crippen molar-refractivity contribution in [1.29, 1.82) is 0 Å². The van der Waals surface area contributed by atoms with Crippen LogP contribution in [0.3, 0.4) is 0 Å². The van der Waals surface area contributed by atoms with Gasteiger partial charge in [-0.15, -0.1) is 0 Å². The van der Waals surface area contributed by atoms with Crippen molar-refractivity contribution in [2.75, 3.05) is 103 Å². The maximum absolute atomic E-state index is 15.7. The number of aryl methyl sites for hydroxylation is 1. The smallest absolute Gasteiger partial charge is 0.379 e. The number of imide groups is 2. The van der Waals surface area contributed by atoms with Gasteiger partial charge in [0.25, 0.3) is 23.6 Å². The minimum Gasteiger partial charge on any atom is -0.379 e. The van der Waals surface area contributed by atoms with Crippen molar-refractivity contribution >= 4 is 46.8 Å². The number of carbonyl (C=O) groups excluding carboxylic acids is 6. The van der Waals surface area contributed by atoms with Gasteiger partial charge in [-0.3, -0.25) is 48.7 Å². The first-order valence-electron chi connectivity index (χ1n) is 25.0. The number of H-pyrrole nitrogens is 1. The van der Waals surface area contributed by atoms with Crippen molar-refractivity contribution in [3.05, 3.63) is 116 Å². The summed E-state index contributed by atoms with van der Waals surface area (Å²) >= 11 is 0. The molecule has 3 aromatic carbocycles. The van der Waals surface area contributed by atoms with Gasteiger partial charge >= 0.3 is 6.18 Å². The van der Waals surface area contributed by atoms with Crippen LogP contribution >= 0.6 is 0 Å². The average molecular weight is 1060 g/mol. The van der Waals surface area contributed by atoms with E-state index in [1.165, 1.54) is 18.2 Å². The van der Waals surface area contributed by atoms with Gasteiger partial charge in [0.05, 0.1) is 93.1 Å². The number of pyridine rings is 1. The van der Waals surface area contributed by atoms with Crippen molar-refractivity contribution in [3.8, 4) is 11.1 Å². The molecule has 0 radical (unpaired) electrons. The predicted octanol–water partition coefficient (Wildman–Crippen LogP) is 4.83. The number of halogens is 4. The molecule has 2 fully saturated rings. The van der Waals surface area contributed by atoms with Gasteiger partial charge in [-0.05, 0) is 81.6 Å². The van der Waals surface area contributed by atoms with Crippen molar-refractivity contribution in [2.45, 2.75) is 63.8 Å². The first-order valence-corrected chi connectivity index (χ1v) is 25.0. The Balaban J connectivity index is 0.752. The van der Waals surface area contributed by atoms with Gasteiger partial charge in [-0.1, -0.05) is 24.3 Å². The van der Waals surface area contributed by atoms with E-state index < -0.39 is 70.2 Å². The fraction of sp³-hybridized carbons (Fsp3) is 0.453. The monoisotopic (exact) mass is 1060 g/mol. The lowest BCUT2D eigenvalue weighted by Gasteiger charge is -2.44. The zero-order valence-corrected chi connectivity index (χ0v) is 42.4. The number of ether oxygens (including phenoxy) is 5. The number of nitrogens with zero attached hydrogens (tertiary/aromatic N) is 3. The summed E-state index contributed by atoms with van der Waals surface area (Å²) in [7, 11) is 1.99. The molecule has 6 amide bonds. The minimum absolute atomic E-state index is 0.0373. The molecular weight excluding hydrogens is 1000 g/mol. The third kappa shape index (κ3) is 14.3. The van der Waals surface area contributed by atoms with E-state index in [4.69, 9.17) is 23.7 Å².